The van der Waals surface area contributed by atoms with Crippen molar-refractivity contribution in [2.75, 3.05) is 32.1 Å². The van der Waals surface area contributed by atoms with Gasteiger partial charge < -0.3 is 9.80 Å². The van der Waals surface area contributed by atoms with Crippen LogP contribution in [0.1, 0.15) is 25.0 Å². The van der Waals surface area contributed by atoms with E-state index >= 15 is 0 Å². The highest BCUT2D eigenvalue weighted by molar-refractivity contribution is 6.30. The molecule has 0 amide bonds. The van der Waals surface area contributed by atoms with E-state index in [1.807, 2.05) is 6.92 Å². The third-order valence-electron chi connectivity index (χ3n) is 3.21. The predicted octanol–water partition coefficient (Wildman–Crippen LogP) is 2.52. The lowest BCUT2D eigenvalue weighted by Gasteiger charge is -2.32. The van der Waals surface area contributed by atoms with Crippen LogP contribution in [0.4, 0.5) is 5.82 Å². The zero-order chi connectivity index (χ0) is 13.9. The highest BCUT2D eigenvalue weighted by Gasteiger charge is 2.19. The fraction of sp³-hybridized carbons (Fsp3) is 0.692. The number of rotatable bonds is 5. The lowest BCUT2D eigenvalue weighted by atomic mass is 10.1. The summed E-state index contributed by atoms with van der Waals surface area (Å²) in [5.41, 5.74) is 2.12. The van der Waals surface area contributed by atoms with E-state index in [0.29, 0.717) is 11.2 Å². The number of anilines is 1. The molecule has 102 valence electrons. The Morgan fingerprint density at radius 1 is 1.17 bits per heavy atom. The summed E-state index contributed by atoms with van der Waals surface area (Å²) in [6.07, 6.45) is 0. The van der Waals surface area contributed by atoms with Gasteiger partial charge in [-0.15, -0.1) is 10.2 Å². The van der Waals surface area contributed by atoms with Crippen molar-refractivity contribution in [1.29, 1.82) is 0 Å². The van der Waals surface area contributed by atoms with Gasteiger partial charge in [-0.3, -0.25) is 0 Å². The molecule has 1 unspecified atom stereocenters. The highest BCUT2D eigenvalue weighted by atomic mass is 35.5. The van der Waals surface area contributed by atoms with E-state index in [9.17, 15) is 0 Å². The number of aromatic nitrogens is 2. The standard InChI is InChI=1S/C13H23ClN4/c1-7-18(9(2)8-17(5)6)13-11(4)10(3)12(14)15-16-13/h9H,7-8H2,1-6H3. The van der Waals surface area contributed by atoms with Crippen LogP contribution in [0.5, 0.6) is 0 Å². The van der Waals surface area contributed by atoms with Gasteiger partial charge in [-0.25, -0.2) is 0 Å². The summed E-state index contributed by atoms with van der Waals surface area (Å²) in [6.45, 7) is 10.3. The number of likely N-dealkylation sites (N-methyl/N-ethyl adjacent to an activating group) is 2. The van der Waals surface area contributed by atoms with Crippen molar-refractivity contribution < 1.29 is 0 Å². The molecule has 0 aliphatic heterocycles. The smallest absolute Gasteiger partial charge is 0.155 e. The first-order chi connectivity index (χ1) is 8.38. The lowest BCUT2D eigenvalue weighted by Crippen LogP contribution is -2.41. The van der Waals surface area contributed by atoms with Crippen molar-refractivity contribution in [1.82, 2.24) is 15.1 Å². The van der Waals surface area contributed by atoms with E-state index in [4.69, 9.17) is 11.6 Å². The molecule has 0 fully saturated rings. The molecule has 0 spiro atoms. The van der Waals surface area contributed by atoms with Crippen LogP contribution in [0.15, 0.2) is 0 Å². The molecule has 1 aromatic rings. The minimum Gasteiger partial charge on any atom is -0.351 e. The molecule has 0 aromatic carbocycles. The Labute approximate surface area is 115 Å². The first-order valence-corrected chi connectivity index (χ1v) is 6.67. The third kappa shape index (κ3) is 3.33. The van der Waals surface area contributed by atoms with Crippen molar-refractivity contribution in [2.45, 2.75) is 33.7 Å². The second-order valence-corrected chi connectivity index (χ2v) is 5.32. The van der Waals surface area contributed by atoms with E-state index in [-0.39, 0.29) is 0 Å². The number of hydrogen-bond acceptors (Lipinski definition) is 4. The van der Waals surface area contributed by atoms with Crippen LogP contribution < -0.4 is 4.90 Å². The summed E-state index contributed by atoms with van der Waals surface area (Å²) < 4.78 is 0. The topological polar surface area (TPSA) is 32.3 Å². The van der Waals surface area contributed by atoms with Gasteiger partial charge in [0.25, 0.3) is 0 Å². The SMILES string of the molecule is CCN(c1nnc(Cl)c(C)c1C)C(C)CN(C)C. The molecular formula is C13H23ClN4. The van der Waals surface area contributed by atoms with Crippen molar-refractivity contribution in [3.05, 3.63) is 16.3 Å². The summed E-state index contributed by atoms with van der Waals surface area (Å²) in [7, 11) is 4.16. The van der Waals surface area contributed by atoms with Gasteiger partial charge in [0.1, 0.15) is 0 Å². The van der Waals surface area contributed by atoms with Gasteiger partial charge in [0, 0.05) is 19.1 Å². The summed E-state index contributed by atoms with van der Waals surface area (Å²) >= 11 is 6.00. The maximum Gasteiger partial charge on any atom is 0.155 e. The third-order valence-corrected chi connectivity index (χ3v) is 3.57. The van der Waals surface area contributed by atoms with E-state index in [2.05, 4.69) is 54.9 Å². The maximum absolute atomic E-state index is 6.00. The molecule has 0 bridgehead atoms. The summed E-state index contributed by atoms with van der Waals surface area (Å²) in [5.74, 6) is 0.939. The van der Waals surface area contributed by atoms with Crippen LogP contribution in [-0.2, 0) is 0 Å². The normalized spacial score (nSPS) is 12.9. The molecule has 4 nitrogen and oxygen atoms in total. The molecule has 0 aliphatic carbocycles. The molecule has 0 saturated heterocycles. The molecule has 0 radical (unpaired) electrons. The maximum atomic E-state index is 6.00. The molecule has 0 N–H and O–H groups in total. The monoisotopic (exact) mass is 270 g/mol. The minimum atomic E-state index is 0.388. The average molecular weight is 271 g/mol. The molecule has 5 heteroatoms. The molecular weight excluding hydrogens is 248 g/mol. The molecule has 1 aromatic heterocycles. The van der Waals surface area contributed by atoms with Crippen LogP contribution >= 0.6 is 11.6 Å². The Morgan fingerprint density at radius 3 is 2.28 bits per heavy atom. The molecule has 0 saturated carbocycles. The Bertz CT molecular complexity index is 406. The Kier molecular flexibility index (Phi) is 5.35. The molecule has 1 rings (SSSR count). The zero-order valence-corrected chi connectivity index (χ0v) is 12.9. The van der Waals surface area contributed by atoms with Gasteiger partial charge in [0.05, 0.1) is 0 Å². The highest BCUT2D eigenvalue weighted by Crippen LogP contribution is 2.25. The van der Waals surface area contributed by atoms with E-state index in [0.717, 1.165) is 30.0 Å². The Balaban J connectivity index is 3.06. The largest absolute Gasteiger partial charge is 0.351 e. The van der Waals surface area contributed by atoms with Gasteiger partial charge in [-0.05, 0) is 52.9 Å². The van der Waals surface area contributed by atoms with Crippen molar-refractivity contribution in [2.24, 2.45) is 0 Å². The van der Waals surface area contributed by atoms with Gasteiger partial charge in [-0.2, -0.15) is 0 Å². The van der Waals surface area contributed by atoms with Crippen LogP contribution in [-0.4, -0.2) is 48.3 Å². The first kappa shape index (κ1) is 15.2. The number of hydrogen-bond donors (Lipinski definition) is 0. The molecule has 1 atom stereocenters. The summed E-state index contributed by atoms with van der Waals surface area (Å²) in [6, 6.07) is 0.388. The van der Waals surface area contributed by atoms with E-state index < -0.39 is 0 Å². The summed E-state index contributed by atoms with van der Waals surface area (Å²) in [5, 5.41) is 8.79. The quantitative estimate of drug-likeness (QED) is 0.823. The van der Waals surface area contributed by atoms with Crippen LogP contribution in [0, 0.1) is 13.8 Å². The Hall–Kier alpha value is -0.870. The first-order valence-electron chi connectivity index (χ1n) is 6.29. The summed E-state index contributed by atoms with van der Waals surface area (Å²) in [4.78, 5) is 4.45. The van der Waals surface area contributed by atoms with Gasteiger partial charge in [-0.1, -0.05) is 11.6 Å². The van der Waals surface area contributed by atoms with Crippen molar-refractivity contribution in [3.63, 3.8) is 0 Å². The predicted molar refractivity (Wildman–Crippen MR) is 77.6 cm³/mol. The van der Waals surface area contributed by atoms with Gasteiger partial charge >= 0.3 is 0 Å². The lowest BCUT2D eigenvalue weighted by molar-refractivity contribution is 0.371. The number of nitrogens with zero attached hydrogens (tertiary/aromatic N) is 4. The molecule has 1 heterocycles. The van der Waals surface area contributed by atoms with Crippen LogP contribution in [0.2, 0.25) is 5.15 Å². The van der Waals surface area contributed by atoms with Crippen LogP contribution in [0.3, 0.4) is 0 Å². The zero-order valence-electron chi connectivity index (χ0n) is 12.2. The average Bonchev–Trinajstić information content (AvgIpc) is 2.29. The fourth-order valence-corrected chi connectivity index (χ4v) is 2.31. The minimum absolute atomic E-state index is 0.388. The molecule has 0 aliphatic rings. The van der Waals surface area contributed by atoms with E-state index in [1.165, 1.54) is 0 Å². The second-order valence-electron chi connectivity index (χ2n) is 4.96. The molecule has 18 heavy (non-hydrogen) atoms. The van der Waals surface area contributed by atoms with E-state index in [1.54, 1.807) is 0 Å². The Morgan fingerprint density at radius 2 is 1.78 bits per heavy atom. The van der Waals surface area contributed by atoms with Crippen LogP contribution in [0.25, 0.3) is 0 Å². The fourth-order valence-electron chi connectivity index (χ4n) is 2.13. The van der Waals surface area contributed by atoms with Gasteiger partial charge in [0.15, 0.2) is 11.0 Å². The van der Waals surface area contributed by atoms with Crippen molar-refractivity contribution >= 4 is 17.4 Å². The van der Waals surface area contributed by atoms with Gasteiger partial charge in [0.2, 0.25) is 0 Å². The second kappa shape index (κ2) is 6.34. The number of halogens is 1. The van der Waals surface area contributed by atoms with Crippen molar-refractivity contribution in [3.8, 4) is 0 Å².